The van der Waals surface area contributed by atoms with Gasteiger partial charge in [0.25, 0.3) is 0 Å². The molecule has 2 fully saturated rings. The molecular formula is C22H26ClN3O3. The number of rotatable bonds is 5. The summed E-state index contributed by atoms with van der Waals surface area (Å²) in [5.41, 5.74) is 1.93. The molecule has 1 aliphatic carbocycles. The van der Waals surface area contributed by atoms with Crippen molar-refractivity contribution in [2.24, 2.45) is 10.9 Å². The van der Waals surface area contributed by atoms with Gasteiger partial charge in [-0.2, -0.15) is 0 Å². The Morgan fingerprint density at radius 3 is 2.79 bits per heavy atom. The Kier molecular flexibility index (Phi) is 5.99. The molecule has 1 saturated carbocycles. The van der Waals surface area contributed by atoms with E-state index in [0.717, 1.165) is 38.6 Å². The third-order valence-corrected chi connectivity index (χ3v) is 6.63. The Bertz CT molecular complexity index is 859. The van der Waals surface area contributed by atoms with E-state index in [2.05, 4.69) is 20.9 Å². The molecule has 29 heavy (non-hydrogen) atoms. The number of dihydropyridines is 1. The number of aromatic nitrogens is 1. The number of hydrogen-bond acceptors (Lipinski definition) is 6. The number of allylic oxidation sites excluding steroid dienone is 1. The molecule has 2 aliphatic heterocycles. The molecule has 1 atom stereocenters. The number of carbonyl (C=O) groups excluding carboxylic acids is 2. The van der Waals surface area contributed by atoms with E-state index >= 15 is 0 Å². The van der Waals surface area contributed by atoms with E-state index in [4.69, 9.17) is 16.3 Å². The zero-order valence-corrected chi connectivity index (χ0v) is 17.4. The van der Waals surface area contributed by atoms with Crippen LogP contribution in [-0.4, -0.2) is 53.4 Å². The normalized spacial score (nSPS) is 27.4. The highest BCUT2D eigenvalue weighted by Gasteiger charge is 2.30. The summed E-state index contributed by atoms with van der Waals surface area (Å²) in [5.74, 6) is 1.50. The summed E-state index contributed by atoms with van der Waals surface area (Å²) in [4.78, 5) is 33.9. The third kappa shape index (κ3) is 4.53. The zero-order valence-electron chi connectivity index (χ0n) is 16.6. The summed E-state index contributed by atoms with van der Waals surface area (Å²) in [7, 11) is 0. The number of ether oxygens (including phenoxy) is 1. The summed E-state index contributed by atoms with van der Waals surface area (Å²) >= 11 is 6.18. The minimum Gasteiger partial charge on any atom is -0.472 e. The van der Waals surface area contributed by atoms with Crippen molar-refractivity contribution in [3.63, 3.8) is 0 Å². The number of halogens is 1. The quantitative estimate of drug-likeness (QED) is 0.735. The second-order valence-electron chi connectivity index (χ2n) is 8.15. The van der Waals surface area contributed by atoms with Gasteiger partial charge in [0.15, 0.2) is 5.78 Å². The molecule has 0 N–H and O–H groups in total. The van der Waals surface area contributed by atoms with Crippen molar-refractivity contribution in [2.75, 3.05) is 19.6 Å². The predicted octanol–water partition coefficient (Wildman–Crippen LogP) is 3.50. The van der Waals surface area contributed by atoms with Crippen LogP contribution in [0.4, 0.5) is 0 Å². The van der Waals surface area contributed by atoms with Crippen LogP contribution in [0.1, 0.15) is 50.5 Å². The Hall–Kier alpha value is -2.21. The molecule has 3 aliphatic rings. The standard InChI is InChI=1S/C22H26ClN3O3/c1-14(27)15-2-4-16(5-3-15)17-6-8-25-21(10-17)29-18-7-9-26(13-18)19-11-24-12-20(28)22(19)23/h6,8,10-11,15-16,18H,2-5,7,9,12-13H2,1H3/t15?,16?,18-/m1/s1. The molecule has 0 aromatic carbocycles. The minimum absolute atomic E-state index is 0.00593. The van der Waals surface area contributed by atoms with E-state index in [1.807, 2.05) is 6.07 Å². The molecule has 154 valence electrons. The first-order chi connectivity index (χ1) is 14.0. The van der Waals surface area contributed by atoms with E-state index in [1.165, 1.54) is 5.56 Å². The van der Waals surface area contributed by atoms with E-state index in [-0.39, 0.29) is 29.4 Å². The average Bonchev–Trinajstić information content (AvgIpc) is 3.18. The molecule has 1 saturated heterocycles. The molecule has 7 heteroatoms. The summed E-state index contributed by atoms with van der Waals surface area (Å²) in [6.07, 6.45) is 8.32. The average molecular weight is 416 g/mol. The Morgan fingerprint density at radius 1 is 1.24 bits per heavy atom. The van der Waals surface area contributed by atoms with Crippen LogP contribution < -0.4 is 4.74 Å². The summed E-state index contributed by atoms with van der Waals surface area (Å²) < 4.78 is 6.15. The second-order valence-corrected chi connectivity index (χ2v) is 8.53. The lowest BCUT2D eigenvalue weighted by Crippen LogP contribution is -2.28. The lowest BCUT2D eigenvalue weighted by atomic mass is 9.77. The molecular weight excluding hydrogens is 390 g/mol. The number of pyridine rings is 1. The molecule has 6 nitrogen and oxygen atoms in total. The Morgan fingerprint density at radius 2 is 2.03 bits per heavy atom. The third-order valence-electron chi connectivity index (χ3n) is 6.22. The van der Waals surface area contributed by atoms with Crippen LogP contribution in [0.2, 0.25) is 0 Å². The maximum Gasteiger partial charge on any atom is 0.213 e. The van der Waals surface area contributed by atoms with Crippen molar-refractivity contribution in [1.82, 2.24) is 9.88 Å². The highest BCUT2D eigenvalue weighted by Crippen LogP contribution is 2.37. The molecule has 0 radical (unpaired) electrons. The highest BCUT2D eigenvalue weighted by molar-refractivity contribution is 6.44. The number of nitrogens with zero attached hydrogens (tertiary/aromatic N) is 3. The fraction of sp³-hybridized carbons (Fsp3) is 0.545. The molecule has 4 rings (SSSR count). The SMILES string of the molecule is CC(=O)C1CCC(c2ccnc(O[C@@H]3CCN(C4=C(Cl)C(=O)CN=C4)C3)c2)CC1. The van der Waals surface area contributed by atoms with Gasteiger partial charge in [0.2, 0.25) is 5.88 Å². The van der Waals surface area contributed by atoms with Gasteiger partial charge < -0.3 is 9.64 Å². The smallest absolute Gasteiger partial charge is 0.213 e. The lowest BCUT2D eigenvalue weighted by molar-refractivity contribution is -0.121. The summed E-state index contributed by atoms with van der Waals surface area (Å²) in [5, 5.41) is 0.266. The van der Waals surface area contributed by atoms with Gasteiger partial charge in [-0.05, 0) is 50.2 Å². The van der Waals surface area contributed by atoms with Crippen molar-refractivity contribution in [2.45, 2.75) is 51.0 Å². The van der Waals surface area contributed by atoms with Crippen molar-refractivity contribution in [3.8, 4) is 5.88 Å². The van der Waals surface area contributed by atoms with Crippen LogP contribution in [0.25, 0.3) is 0 Å². The Balaban J connectivity index is 1.37. The fourth-order valence-electron chi connectivity index (χ4n) is 4.49. The van der Waals surface area contributed by atoms with E-state index in [1.54, 1.807) is 19.3 Å². The summed E-state index contributed by atoms with van der Waals surface area (Å²) in [6, 6.07) is 4.10. The van der Waals surface area contributed by atoms with Crippen molar-refractivity contribution < 1.29 is 14.3 Å². The second kappa shape index (κ2) is 8.66. The Labute approximate surface area is 176 Å². The molecule has 0 amide bonds. The molecule has 1 aromatic heterocycles. The monoisotopic (exact) mass is 415 g/mol. The zero-order chi connectivity index (χ0) is 20.4. The number of likely N-dealkylation sites (tertiary alicyclic amines) is 1. The van der Waals surface area contributed by atoms with Gasteiger partial charge in [-0.15, -0.1) is 0 Å². The predicted molar refractivity (Wildman–Crippen MR) is 111 cm³/mol. The maximum atomic E-state index is 11.8. The number of ketones is 2. The van der Waals surface area contributed by atoms with Crippen molar-refractivity contribution in [3.05, 3.63) is 34.6 Å². The van der Waals surface area contributed by atoms with E-state index in [0.29, 0.717) is 29.8 Å². The molecule has 0 unspecified atom stereocenters. The van der Waals surface area contributed by atoms with Crippen LogP contribution >= 0.6 is 11.6 Å². The number of aliphatic imine (C=N–C) groups is 1. The van der Waals surface area contributed by atoms with Crippen molar-refractivity contribution >= 4 is 29.4 Å². The van der Waals surface area contributed by atoms with Gasteiger partial charge in [-0.3, -0.25) is 14.6 Å². The summed E-state index contributed by atoms with van der Waals surface area (Å²) in [6.45, 7) is 3.25. The molecule has 0 spiro atoms. The largest absolute Gasteiger partial charge is 0.472 e. The topological polar surface area (TPSA) is 71.9 Å². The minimum atomic E-state index is -0.137. The fourth-order valence-corrected chi connectivity index (χ4v) is 4.72. The highest BCUT2D eigenvalue weighted by atomic mass is 35.5. The molecule has 0 bridgehead atoms. The van der Waals surface area contributed by atoms with Crippen LogP contribution in [-0.2, 0) is 9.59 Å². The van der Waals surface area contributed by atoms with Gasteiger partial charge in [0.05, 0.1) is 12.2 Å². The van der Waals surface area contributed by atoms with Crippen LogP contribution in [0.3, 0.4) is 0 Å². The number of carbonyl (C=O) groups is 2. The molecule has 3 heterocycles. The first-order valence-electron chi connectivity index (χ1n) is 10.3. The van der Waals surface area contributed by atoms with Crippen LogP contribution in [0.5, 0.6) is 5.88 Å². The first-order valence-corrected chi connectivity index (χ1v) is 10.7. The number of Topliss-reactive ketones (excluding diaryl/α,β-unsaturated/α-hetero) is 2. The van der Waals surface area contributed by atoms with Crippen LogP contribution in [0, 0.1) is 5.92 Å². The van der Waals surface area contributed by atoms with Gasteiger partial charge in [0.1, 0.15) is 23.5 Å². The van der Waals surface area contributed by atoms with Gasteiger partial charge in [0, 0.05) is 37.4 Å². The van der Waals surface area contributed by atoms with E-state index < -0.39 is 0 Å². The van der Waals surface area contributed by atoms with E-state index in [9.17, 15) is 9.59 Å². The van der Waals surface area contributed by atoms with Gasteiger partial charge >= 0.3 is 0 Å². The number of hydrogen-bond donors (Lipinski definition) is 0. The van der Waals surface area contributed by atoms with Gasteiger partial charge in [-0.1, -0.05) is 11.6 Å². The lowest BCUT2D eigenvalue weighted by Gasteiger charge is -2.27. The van der Waals surface area contributed by atoms with Crippen molar-refractivity contribution in [1.29, 1.82) is 0 Å². The van der Waals surface area contributed by atoms with Gasteiger partial charge in [-0.25, -0.2) is 4.98 Å². The maximum absolute atomic E-state index is 11.8. The van der Waals surface area contributed by atoms with Crippen LogP contribution in [0.15, 0.2) is 34.1 Å². The molecule has 1 aromatic rings. The first kappa shape index (κ1) is 20.1.